The van der Waals surface area contributed by atoms with Crippen LogP contribution in [0.3, 0.4) is 0 Å². The van der Waals surface area contributed by atoms with Crippen LogP contribution < -0.4 is 18.9 Å². The molecule has 0 saturated carbocycles. The fourth-order valence-corrected chi connectivity index (χ4v) is 4.44. The van der Waals surface area contributed by atoms with Crippen molar-refractivity contribution in [3.8, 4) is 23.0 Å². The molecular formula is C33H34O5. The molecule has 0 unspecified atom stereocenters. The summed E-state index contributed by atoms with van der Waals surface area (Å²) in [6.45, 7) is 8.61. The minimum Gasteiger partial charge on any atom is -0.497 e. The van der Waals surface area contributed by atoms with Gasteiger partial charge in [0.15, 0.2) is 0 Å². The van der Waals surface area contributed by atoms with Gasteiger partial charge in [0.05, 0.1) is 14.2 Å². The van der Waals surface area contributed by atoms with E-state index in [0.29, 0.717) is 11.5 Å². The quantitative estimate of drug-likeness (QED) is 0.178. The molecule has 4 aromatic carbocycles. The Morgan fingerprint density at radius 3 is 0.921 bits per heavy atom. The maximum absolute atomic E-state index is 12.4. The van der Waals surface area contributed by atoms with Crippen molar-refractivity contribution in [3.05, 3.63) is 119 Å². The van der Waals surface area contributed by atoms with Crippen LogP contribution in [0.2, 0.25) is 0 Å². The van der Waals surface area contributed by atoms with Gasteiger partial charge in [0.2, 0.25) is 0 Å². The van der Waals surface area contributed by atoms with Gasteiger partial charge in [-0.2, -0.15) is 0 Å². The lowest BCUT2D eigenvalue weighted by molar-refractivity contribution is 0.152. The summed E-state index contributed by atoms with van der Waals surface area (Å²) in [5, 5.41) is 0. The maximum Gasteiger partial charge on any atom is 0.519 e. The predicted octanol–water partition coefficient (Wildman–Crippen LogP) is 7.93. The largest absolute Gasteiger partial charge is 0.519 e. The highest BCUT2D eigenvalue weighted by molar-refractivity contribution is 5.67. The first-order valence-electron chi connectivity index (χ1n) is 12.5. The molecule has 5 heteroatoms. The van der Waals surface area contributed by atoms with Crippen LogP contribution in [0.5, 0.6) is 23.0 Å². The van der Waals surface area contributed by atoms with Crippen molar-refractivity contribution >= 4 is 6.16 Å². The predicted molar refractivity (Wildman–Crippen MR) is 150 cm³/mol. The molecule has 0 spiro atoms. The van der Waals surface area contributed by atoms with Gasteiger partial charge in [0, 0.05) is 10.8 Å². The average Bonchev–Trinajstić information content (AvgIpc) is 2.93. The molecule has 38 heavy (non-hydrogen) atoms. The van der Waals surface area contributed by atoms with Gasteiger partial charge in [-0.1, -0.05) is 76.2 Å². The molecule has 0 aromatic heterocycles. The number of hydrogen-bond acceptors (Lipinski definition) is 5. The molecule has 4 rings (SSSR count). The molecule has 0 bridgehead atoms. The molecule has 0 radical (unpaired) electrons. The van der Waals surface area contributed by atoms with E-state index in [4.69, 9.17) is 18.9 Å². The van der Waals surface area contributed by atoms with Crippen LogP contribution in [0.15, 0.2) is 97.1 Å². The van der Waals surface area contributed by atoms with Crippen molar-refractivity contribution < 1.29 is 23.7 Å². The highest BCUT2D eigenvalue weighted by Crippen LogP contribution is 2.35. The van der Waals surface area contributed by atoms with Crippen molar-refractivity contribution in [2.75, 3.05) is 14.2 Å². The van der Waals surface area contributed by atoms with E-state index in [1.807, 2.05) is 48.5 Å². The Bertz CT molecular complexity index is 1240. The topological polar surface area (TPSA) is 54.0 Å². The molecule has 0 amide bonds. The van der Waals surface area contributed by atoms with Crippen LogP contribution in [0.25, 0.3) is 0 Å². The van der Waals surface area contributed by atoms with Gasteiger partial charge in [0.25, 0.3) is 0 Å². The summed E-state index contributed by atoms with van der Waals surface area (Å²) in [5.74, 6) is 2.48. The normalized spacial score (nSPS) is 11.5. The van der Waals surface area contributed by atoms with Gasteiger partial charge >= 0.3 is 6.16 Å². The van der Waals surface area contributed by atoms with Crippen LogP contribution >= 0.6 is 0 Å². The minimum atomic E-state index is -0.783. The van der Waals surface area contributed by atoms with Crippen molar-refractivity contribution in [3.63, 3.8) is 0 Å². The number of methoxy groups -OCH3 is 2. The fraction of sp³-hybridized carbons (Fsp3) is 0.242. The van der Waals surface area contributed by atoms with E-state index in [0.717, 1.165) is 33.8 Å². The lowest BCUT2D eigenvalue weighted by Crippen LogP contribution is -2.19. The van der Waals surface area contributed by atoms with Crippen LogP contribution in [0, 0.1) is 0 Å². The molecule has 196 valence electrons. The van der Waals surface area contributed by atoms with Gasteiger partial charge in [0.1, 0.15) is 23.0 Å². The second kappa shape index (κ2) is 11.0. The SMILES string of the molecule is COc1ccc(C(C)(C)c2ccc(OC(=O)Oc3ccc(C(C)(C)c4ccc(OC)cc4)cc3)cc2)cc1. The van der Waals surface area contributed by atoms with E-state index < -0.39 is 6.16 Å². The third-order valence-electron chi connectivity index (χ3n) is 7.18. The van der Waals surface area contributed by atoms with E-state index in [2.05, 4.69) is 52.0 Å². The Hall–Kier alpha value is -4.25. The summed E-state index contributed by atoms with van der Waals surface area (Å²) in [5.41, 5.74) is 4.05. The minimum absolute atomic E-state index is 0.230. The number of hydrogen-bond donors (Lipinski definition) is 0. The van der Waals surface area contributed by atoms with Crippen molar-refractivity contribution in [1.82, 2.24) is 0 Å². The molecule has 0 atom stereocenters. The number of ether oxygens (including phenoxy) is 4. The molecule has 0 saturated heterocycles. The lowest BCUT2D eigenvalue weighted by atomic mass is 9.78. The van der Waals surface area contributed by atoms with Gasteiger partial charge in [-0.3, -0.25) is 0 Å². The number of carbonyl (C=O) groups excluding carboxylic acids is 1. The molecule has 0 aliphatic carbocycles. The molecule has 0 aliphatic rings. The van der Waals surface area contributed by atoms with Crippen LogP contribution in [0.4, 0.5) is 4.79 Å². The maximum atomic E-state index is 12.4. The first-order chi connectivity index (χ1) is 18.1. The standard InChI is InChI=1S/C33H34O5/c1-32(2,23-7-15-27(35-5)16-8-23)25-11-19-29(20-12-25)37-31(34)38-30-21-13-26(14-22-30)33(3,4)24-9-17-28(36-6)18-10-24/h7-22H,1-6H3. The Kier molecular flexibility index (Phi) is 7.77. The Balaban J connectivity index is 1.38. The first kappa shape index (κ1) is 26.8. The van der Waals surface area contributed by atoms with E-state index in [-0.39, 0.29) is 10.8 Å². The summed E-state index contributed by atoms with van der Waals surface area (Å²) in [6.07, 6.45) is -0.783. The number of benzene rings is 4. The Labute approximate surface area is 225 Å². The number of rotatable bonds is 8. The van der Waals surface area contributed by atoms with Gasteiger partial charge in [-0.25, -0.2) is 4.79 Å². The highest BCUT2D eigenvalue weighted by atomic mass is 16.7. The Morgan fingerprint density at radius 2 is 0.684 bits per heavy atom. The molecule has 0 fully saturated rings. The summed E-state index contributed by atoms with van der Waals surface area (Å²) < 4.78 is 21.4. The monoisotopic (exact) mass is 510 g/mol. The summed E-state index contributed by atoms with van der Waals surface area (Å²) >= 11 is 0. The third kappa shape index (κ3) is 5.83. The fourth-order valence-electron chi connectivity index (χ4n) is 4.44. The molecule has 0 N–H and O–H groups in total. The van der Waals surface area contributed by atoms with E-state index in [1.54, 1.807) is 38.5 Å². The van der Waals surface area contributed by atoms with E-state index in [9.17, 15) is 4.79 Å². The zero-order valence-electron chi connectivity index (χ0n) is 22.8. The highest BCUT2D eigenvalue weighted by Gasteiger charge is 2.24. The molecular weight excluding hydrogens is 476 g/mol. The average molecular weight is 511 g/mol. The molecule has 0 aliphatic heterocycles. The van der Waals surface area contributed by atoms with Crippen molar-refractivity contribution in [2.45, 2.75) is 38.5 Å². The smallest absolute Gasteiger partial charge is 0.497 e. The zero-order chi connectivity index (χ0) is 27.3. The van der Waals surface area contributed by atoms with Gasteiger partial charge < -0.3 is 18.9 Å². The van der Waals surface area contributed by atoms with Crippen LogP contribution in [-0.2, 0) is 10.8 Å². The number of carbonyl (C=O) groups is 1. The summed E-state index contributed by atoms with van der Waals surface area (Å²) in [7, 11) is 3.31. The van der Waals surface area contributed by atoms with E-state index in [1.165, 1.54) is 0 Å². The van der Waals surface area contributed by atoms with E-state index >= 15 is 0 Å². The molecule has 5 nitrogen and oxygen atoms in total. The first-order valence-corrected chi connectivity index (χ1v) is 12.5. The summed E-state index contributed by atoms with van der Waals surface area (Å²) in [4.78, 5) is 12.4. The lowest BCUT2D eigenvalue weighted by Gasteiger charge is -2.26. The Morgan fingerprint density at radius 1 is 0.447 bits per heavy atom. The van der Waals surface area contributed by atoms with Crippen molar-refractivity contribution in [2.24, 2.45) is 0 Å². The second-order valence-corrected chi connectivity index (χ2v) is 10.2. The zero-order valence-corrected chi connectivity index (χ0v) is 22.8. The molecule has 0 heterocycles. The molecule has 4 aromatic rings. The van der Waals surface area contributed by atoms with Crippen LogP contribution in [0.1, 0.15) is 49.9 Å². The van der Waals surface area contributed by atoms with Crippen molar-refractivity contribution in [1.29, 1.82) is 0 Å². The van der Waals surface area contributed by atoms with Gasteiger partial charge in [-0.05, 0) is 70.8 Å². The van der Waals surface area contributed by atoms with Gasteiger partial charge in [-0.15, -0.1) is 0 Å². The summed E-state index contributed by atoms with van der Waals surface area (Å²) in [6, 6.07) is 31.0. The second-order valence-electron chi connectivity index (χ2n) is 10.2. The van der Waals surface area contributed by atoms with Crippen LogP contribution in [-0.4, -0.2) is 20.4 Å². The third-order valence-corrected chi connectivity index (χ3v) is 7.18.